The smallest absolute Gasteiger partial charge is 0.251 e. The Kier molecular flexibility index (Phi) is 6.34. The van der Waals surface area contributed by atoms with E-state index in [1.807, 2.05) is 0 Å². The first-order chi connectivity index (χ1) is 11.5. The summed E-state index contributed by atoms with van der Waals surface area (Å²) >= 11 is 0. The number of sulfone groups is 1. The molecule has 0 heterocycles. The van der Waals surface area contributed by atoms with Crippen LogP contribution in [0.5, 0.6) is 0 Å². The number of benzene rings is 2. The van der Waals surface area contributed by atoms with Gasteiger partial charge in [-0.25, -0.2) is 8.42 Å². The Morgan fingerprint density at radius 1 is 1.04 bits per heavy atom. The van der Waals surface area contributed by atoms with Crippen molar-refractivity contribution in [2.24, 2.45) is 0 Å². The molecule has 0 radical (unpaired) electrons. The normalized spacial score (nSPS) is 11.0. The van der Waals surface area contributed by atoms with Crippen LogP contribution < -0.4 is 10.6 Å². The monoisotopic (exact) mass is 348 g/mol. The highest BCUT2D eigenvalue weighted by Gasteiger charge is 2.13. The third kappa shape index (κ3) is 5.07. The molecular weight excluding hydrogens is 328 g/mol. The number of ether oxygens (including phenoxy) is 1. The highest BCUT2D eigenvalue weighted by atomic mass is 32.2. The third-order valence-corrected chi connectivity index (χ3v) is 4.82. The lowest BCUT2D eigenvalue weighted by Gasteiger charge is -2.09. The van der Waals surface area contributed by atoms with Crippen molar-refractivity contribution >= 4 is 21.4 Å². The highest BCUT2D eigenvalue weighted by Crippen LogP contribution is 2.13. The van der Waals surface area contributed by atoms with Gasteiger partial charge in [-0.3, -0.25) is 4.79 Å². The summed E-state index contributed by atoms with van der Waals surface area (Å²) in [5, 5.41) is 5.58. The van der Waals surface area contributed by atoms with E-state index < -0.39 is 9.84 Å². The van der Waals surface area contributed by atoms with Gasteiger partial charge in [0.05, 0.1) is 11.5 Å². The molecule has 0 aromatic heterocycles. The number of hydrogen-bond acceptors (Lipinski definition) is 5. The van der Waals surface area contributed by atoms with Crippen LogP contribution in [0.15, 0.2) is 59.5 Å². The maximum absolute atomic E-state index is 12.2. The summed E-state index contributed by atoms with van der Waals surface area (Å²) in [5.41, 5.74) is 1.13. The maximum atomic E-state index is 12.2. The van der Waals surface area contributed by atoms with E-state index in [2.05, 4.69) is 10.6 Å². The Bertz CT molecular complexity index is 759. The van der Waals surface area contributed by atoms with Gasteiger partial charge in [-0.2, -0.15) is 0 Å². The molecule has 6 nitrogen and oxygen atoms in total. The zero-order chi connectivity index (χ0) is 17.4. The van der Waals surface area contributed by atoms with E-state index in [-0.39, 0.29) is 16.7 Å². The summed E-state index contributed by atoms with van der Waals surface area (Å²) in [7, 11) is -1.84. The third-order valence-electron chi connectivity index (χ3n) is 3.31. The van der Waals surface area contributed by atoms with Crippen molar-refractivity contribution in [1.29, 1.82) is 0 Å². The van der Waals surface area contributed by atoms with E-state index in [1.54, 1.807) is 61.7 Å². The first kappa shape index (κ1) is 18.0. The topological polar surface area (TPSA) is 84.5 Å². The minimum atomic E-state index is -3.40. The van der Waals surface area contributed by atoms with Crippen molar-refractivity contribution in [2.75, 3.05) is 31.5 Å². The van der Waals surface area contributed by atoms with Gasteiger partial charge >= 0.3 is 0 Å². The fourth-order valence-electron chi connectivity index (χ4n) is 2.00. The summed E-state index contributed by atoms with van der Waals surface area (Å²) in [6.07, 6.45) is 0. The van der Waals surface area contributed by atoms with E-state index in [1.165, 1.54) is 0 Å². The van der Waals surface area contributed by atoms with Crippen LogP contribution in [0, 0.1) is 0 Å². The van der Waals surface area contributed by atoms with Crippen LogP contribution in [-0.2, 0) is 14.6 Å². The van der Waals surface area contributed by atoms with E-state index >= 15 is 0 Å². The lowest BCUT2D eigenvalue weighted by Crippen LogP contribution is -2.26. The minimum absolute atomic E-state index is 0.199. The summed E-state index contributed by atoms with van der Waals surface area (Å²) in [5.74, 6) is -0.411. The van der Waals surface area contributed by atoms with Crippen LogP contribution in [0.1, 0.15) is 10.4 Å². The quantitative estimate of drug-likeness (QED) is 0.712. The highest BCUT2D eigenvalue weighted by molar-refractivity contribution is 7.91. The van der Waals surface area contributed by atoms with Crippen molar-refractivity contribution < 1.29 is 17.9 Å². The first-order valence-corrected chi connectivity index (χ1v) is 9.07. The van der Waals surface area contributed by atoms with Crippen molar-refractivity contribution in [1.82, 2.24) is 5.32 Å². The number of rotatable bonds is 8. The van der Waals surface area contributed by atoms with Gasteiger partial charge in [0.1, 0.15) is 5.88 Å². The standard InChI is InChI=1S/C17H20N2O4S/c1-23-12-11-18-17(20)14-7-9-15(10-8-14)19-13-24(21,22)16-5-3-2-4-6-16/h2-10,19H,11-13H2,1H3,(H,18,20). The molecule has 0 spiro atoms. The summed E-state index contributed by atoms with van der Waals surface area (Å²) < 4.78 is 29.2. The van der Waals surface area contributed by atoms with Gasteiger partial charge in [-0.15, -0.1) is 0 Å². The van der Waals surface area contributed by atoms with Crippen LogP contribution in [0.2, 0.25) is 0 Å². The minimum Gasteiger partial charge on any atom is -0.383 e. The van der Waals surface area contributed by atoms with Gasteiger partial charge in [-0.05, 0) is 36.4 Å². The molecule has 2 rings (SSSR count). The molecule has 2 N–H and O–H groups in total. The number of anilines is 1. The molecule has 2 aromatic rings. The van der Waals surface area contributed by atoms with Gasteiger partial charge < -0.3 is 15.4 Å². The number of carbonyl (C=O) groups excluding carboxylic acids is 1. The molecule has 2 aromatic carbocycles. The van der Waals surface area contributed by atoms with Gasteiger partial charge in [0.2, 0.25) is 0 Å². The van der Waals surface area contributed by atoms with Crippen LogP contribution >= 0.6 is 0 Å². The number of methoxy groups -OCH3 is 1. The molecule has 0 saturated heterocycles. The van der Waals surface area contributed by atoms with Gasteiger partial charge in [-0.1, -0.05) is 18.2 Å². The molecule has 0 aliphatic rings. The first-order valence-electron chi connectivity index (χ1n) is 7.42. The fourth-order valence-corrected chi connectivity index (χ4v) is 3.09. The summed E-state index contributed by atoms with van der Waals surface area (Å²) in [4.78, 5) is 12.1. The van der Waals surface area contributed by atoms with Crippen molar-refractivity contribution in [3.8, 4) is 0 Å². The summed E-state index contributed by atoms with van der Waals surface area (Å²) in [6.45, 7) is 0.882. The number of carbonyl (C=O) groups is 1. The molecule has 0 aliphatic carbocycles. The van der Waals surface area contributed by atoms with Gasteiger partial charge in [0.25, 0.3) is 5.91 Å². The molecule has 0 atom stereocenters. The Labute approximate surface area is 141 Å². The van der Waals surface area contributed by atoms with Crippen molar-refractivity contribution in [2.45, 2.75) is 4.90 Å². The van der Waals surface area contributed by atoms with E-state index in [0.717, 1.165) is 0 Å². The second kappa shape index (κ2) is 8.47. The Hall–Kier alpha value is -2.38. The van der Waals surface area contributed by atoms with Crippen molar-refractivity contribution in [3.05, 3.63) is 60.2 Å². The predicted octanol–water partition coefficient (Wildman–Crippen LogP) is 1.91. The second-order valence-corrected chi connectivity index (χ2v) is 7.06. The molecule has 24 heavy (non-hydrogen) atoms. The molecule has 7 heteroatoms. The molecule has 0 aliphatic heterocycles. The molecule has 128 valence electrons. The van der Waals surface area contributed by atoms with Crippen LogP contribution in [-0.4, -0.2) is 40.5 Å². The molecule has 0 saturated carbocycles. The zero-order valence-electron chi connectivity index (χ0n) is 13.4. The lowest BCUT2D eigenvalue weighted by atomic mass is 10.2. The second-order valence-electron chi connectivity index (χ2n) is 5.07. The molecule has 0 unspecified atom stereocenters. The molecule has 1 amide bonds. The largest absolute Gasteiger partial charge is 0.383 e. The van der Waals surface area contributed by atoms with E-state index in [9.17, 15) is 13.2 Å². The molecular formula is C17H20N2O4S. The number of amides is 1. The van der Waals surface area contributed by atoms with Crippen molar-refractivity contribution in [3.63, 3.8) is 0 Å². The SMILES string of the molecule is COCCNC(=O)c1ccc(NCS(=O)(=O)c2ccccc2)cc1. The zero-order valence-corrected chi connectivity index (χ0v) is 14.2. The Morgan fingerprint density at radius 2 is 1.71 bits per heavy atom. The van der Waals surface area contributed by atoms with Gasteiger partial charge in [0.15, 0.2) is 9.84 Å². The maximum Gasteiger partial charge on any atom is 0.251 e. The molecule has 0 bridgehead atoms. The Balaban J connectivity index is 1.93. The van der Waals surface area contributed by atoms with Crippen LogP contribution in [0.4, 0.5) is 5.69 Å². The van der Waals surface area contributed by atoms with Crippen LogP contribution in [0.25, 0.3) is 0 Å². The number of hydrogen-bond donors (Lipinski definition) is 2. The van der Waals surface area contributed by atoms with E-state index in [0.29, 0.717) is 24.4 Å². The number of nitrogens with one attached hydrogen (secondary N) is 2. The molecule has 0 fully saturated rings. The van der Waals surface area contributed by atoms with Gasteiger partial charge in [0, 0.05) is 24.9 Å². The predicted molar refractivity (Wildman–Crippen MR) is 92.8 cm³/mol. The average molecular weight is 348 g/mol. The fraction of sp³-hybridized carbons (Fsp3) is 0.235. The Morgan fingerprint density at radius 3 is 2.33 bits per heavy atom. The van der Waals surface area contributed by atoms with E-state index in [4.69, 9.17) is 4.74 Å². The summed E-state index contributed by atoms with van der Waals surface area (Å²) in [6, 6.07) is 14.9. The van der Waals surface area contributed by atoms with Crippen LogP contribution in [0.3, 0.4) is 0 Å². The average Bonchev–Trinajstić information content (AvgIpc) is 2.61. The lowest BCUT2D eigenvalue weighted by molar-refractivity contribution is 0.0937.